The number of aliphatic hydroxyl groups excluding tert-OH is 1. The highest BCUT2D eigenvalue weighted by Gasteiger charge is 2.39. The minimum atomic E-state index is -0.662. The van der Waals surface area contributed by atoms with Gasteiger partial charge in [-0.15, -0.1) is 0 Å². The van der Waals surface area contributed by atoms with Gasteiger partial charge in [-0.25, -0.2) is 0 Å². The van der Waals surface area contributed by atoms with E-state index in [9.17, 15) is 9.90 Å². The molecular formula is C28H56N2O3. The molecule has 1 aliphatic carbocycles. The van der Waals surface area contributed by atoms with Crippen LogP contribution in [0.5, 0.6) is 0 Å². The van der Waals surface area contributed by atoms with Gasteiger partial charge in [-0.2, -0.15) is 0 Å². The van der Waals surface area contributed by atoms with Crippen LogP contribution in [0.4, 0.5) is 0 Å². The summed E-state index contributed by atoms with van der Waals surface area (Å²) in [6.07, 6.45) is 18.4. The highest BCUT2D eigenvalue weighted by molar-refractivity contribution is 5.69. The Hall–Kier alpha value is -0.650. The molecule has 1 fully saturated rings. The smallest absolute Gasteiger partial charge is 0.305 e. The van der Waals surface area contributed by atoms with Gasteiger partial charge >= 0.3 is 5.97 Å². The van der Waals surface area contributed by atoms with Crippen molar-refractivity contribution in [2.75, 3.05) is 19.7 Å². The lowest BCUT2D eigenvalue weighted by atomic mass is 9.63. The van der Waals surface area contributed by atoms with Crippen LogP contribution in [0.1, 0.15) is 130 Å². The van der Waals surface area contributed by atoms with Gasteiger partial charge in [-0.3, -0.25) is 4.79 Å². The summed E-state index contributed by atoms with van der Waals surface area (Å²) in [6, 6.07) is 0.242. The molecular weight excluding hydrogens is 412 g/mol. The summed E-state index contributed by atoms with van der Waals surface area (Å²) in [5.41, 5.74) is 6.67. The van der Waals surface area contributed by atoms with Crippen LogP contribution < -0.4 is 11.1 Å². The third kappa shape index (κ3) is 15.8. The maximum atomic E-state index is 11.9. The van der Waals surface area contributed by atoms with Crippen molar-refractivity contribution in [3.05, 3.63) is 0 Å². The van der Waals surface area contributed by atoms with Gasteiger partial charge in [0.05, 0.1) is 0 Å². The second kappa shape index (κ2) is 16.9. The zero-order valence-electron chi connectivity index (χ0n) is 22.4. The number of aliphatic hydroxyl groups is 1. The number of ether oxygens (including phenoxy) is 1. The normalized spacial score (nSPS) is 23.4. The third-order valence-corrected chi connectivity index (χ3v) is 7.08. The summed E-state index contributed by atoms with van der Waals surface area (Å²) in [5.74, 6) is -0.187. The Morgan fingerprint density at radius 1 is 0.970 bits per heavy atom. The maximum absolute atomic E-state index is 11.9. The Morgan fingerprint density at radius 3 is 2.06 bits per heavy atom. The van der Waals surface area contributed by atoms with Crippen LogP contribution in [0.3, 0.4) is 0 Å². The van der Waals surface area contributed by atoms with Crippen molar-refractivity contribution >= 4 is 5.97 Å². The molecule has 0 aromatic carbocycles. The Labute approximate surface area is 205 Å². The fourth-order valence-corrected chi connectivity index (χ4v) is 5.82. The van der Waals surface area contributed by atoms with E-state index in [2.05, 4.69) is 33.0 Å². The van der Waals surface area contributed by atoms with Crippen LogP contribution in [-0.2, 0) is 9.53 Å². The molecule has 0 aromatic heterocycles. The summed E-state index contributed by atoms with van der Waals surface area (Å²) in [4.78, 5) is 11.9. The van der Waals surface area contributed by atoms with E-state index in [0.29, 0.717) is 13.0 Å². The SMILES string of the molecule is CCCCCCCCCCCCCCC(=O)OCC(O)CNCC1(C)CC(N)CC(C)(C)C1. The fourth-order valence-electron chi connectivity index (χ4n) is 5.82. The first-order valence-electron chi connectivity index (χ1n) is 14.0. The first kappa shape index (κ1) is 30.4. The predicted molar refractivity (Wildman–Crippen MR) is 139 cm³/mol. The fraction of sp³-hybridized carbons (Fsp3) is 0.964. The van der Waals surface area contributed by atoms with E-state index in [0.717, 1.165) is 38.6 Å². The number of nitrogens with one attached hydrogen (secondary N) is 1. The molecule has 0 radical (unpaired) electrons. The average molecular weight is 469 g/mol. The number of rotatable bonds is 19. The molecule has 0 saturated heterocycles. The van der Waals surface area contributed by atoms with E-state index < -0.39 is 6.10 Å². The second-order valence-corrected chi connectivity index (χ2v) is 11.9. The van der Waals surface area contributed by atoms with Gasteiger partial charge in [0.15, 0.2) is 0 Å². The van der Waals surface area contributed by atoms with E-state index in [1.54, 1.807) is 0 Å². The van der Waals surface area contributed by atoms with E-state index in [4.69, 9.17) is 10.5 Å². The number of hydrogen-bond donors (Lipinski definition) is 3. The Kier molecular flexibility index (Phi) is 15.5. The van der Waals surface area contributed by atoms with Gasteiger partial charge in [0.25, 0.3) is 0 Å². The molecule has 1 aliphatic rings. The zero-order valence-corrected chi connectivity index (χ0v) is 22.4. The van der Waals surface area contributed by atoms with Gasteiger partial charge in [-0.05, 0) is 36.5 Å². The quantitative estimate of drug-likeness (QED) is 0.157. The van der Waals surface area contributed by atoms with Gasteiger partial charge < -0.3 is 20.9 Å². The lowest BCUT2D eigenvalue weighted by Crippen LogP contribution is -2.47. The highest BCUT2D eigenvalue weighted by atomic mass is 16.5. The molecule has 4 N–H and O–H groups in total. The molecule has 0 spiro atoms. The number of carbonyl (C=O) groups excluding carboxylic acids is 1. The molecule has 3 atom stereocenters. The molecule has 5 nitrogen and oxygen atoms in total. The lowest BCUT2D eigenvalue weighted by molar-refractivity contribution is -0.146. The van der Waals surface area contributed by atoms with Crippen LogP contribution in [-0.4, -0.2) is 42.9 Å². The molecule has 0 bridgehead atoms. The molecule has 33 heavy (non-hydrogen) atoms. The Balaban J connectivity index is 1.97. The van der Waals surface area contributed by atoms with Crippen molar-refractivity contribution in [1.29, 1.82) is 0 Å². The number of carbonyl (C=O) groups is 1. The van der Waals surface area contributed by atoms with Gasteiger partial charge in [0.1, 0.15) is 12.7 Å². The summed E-state index contributed by atoms with van der Waals surface area (Å²) < 4.78 is 5.27. The molecule has 1 saturated carbocycles. The van der Waals surface area contributed by atoms with Crippen LogP contribution in [0, 0.1) is 10.8 Å². The third-order valence-electron chi connectivity index (χ3n) is 7.08. The first-order chi connectivity index (χ1) is 15.7. The van der Waals surface area contributed by atoms with E-state index in [1.165, 1.54) is 64.2 Å². The van der Waals surface area contributed by atoms with E-state index in [1.807, 2.05) is 0 Å². The minimum Gasteiger partial charge on any atom is -0.463 e. The van der Waals surface area contributed by atoms with E-state index in [-0.39, 0.29) is 29.4 Å². The van der Waals surface area contributed by atoms with Gasteiger partial charge in [-0.1, -0.05) is 98.3 Å². The van der Waals surface area contributed by atoms with Crippen molar-refractivity contribution in [2.24, 2.45) is 16.6 Å². The van der Waals surface area contributed by atoms with Gasteiger partial charge in [0, 0.05) is 25.6 Å². The minimum absolute atomic E-state index is 0.0752. The molecule has 3 unspecified atom stereocenters. The average Bonchev–Trinajstić information content (AvgIpc) is 2.71. The largest absolute Gasteiger partial charge is 0.463 e. The van der Waals surface area contributed by atoms with Crippen LogP contribution >= 0.6 is 0 Å². The summed E-state index contributed by atoms with van der Waals surface area (Å²) in [5, 5.41) is 13.5. The lowest BCUT2D eigenvalue weighted by Gasteiger charge is -2.46. The van der Waals surface area contributed by atoms with Gasteiger partial charge in [0.2, 0.25) is 0 Å². The maximum Gasteiger partial charge on any atom is 0.305 e. The number of unbranched alkanes of at least 4 members (excludes halogenated alkanes) is 11. The van der Waals surface area contributed by atoms with Crippen molar-refractivity contribution in [1.82, 2.24) is 5.32 Å². The first-order valence-corrected chi connectivity index (χ1v) is 14.0. The zero-order chi connectivity index (χ0) is 24.6. The van der Waals surface area contributed by atoms with Crippen molar-refractivity contribution in [3.8, 4) is 0 Å². The Morgan fingerprint density at radius 2 is 1.52 bits per heavy atom. The molecule has 196 valence electrons. The molecule has 5 heteroatoms. The summed E-state index contributed by atoms with van der Waals surface area (Å²) in [6.45, 7) is 10.5. The second-order valence-electron chi connectivity index (χ2n) is 11.9. The van der Waals surface area contributed by atoms with Crippen LogP contribution in [0.15, 0.2) is 0 Å². The summed E-state index contributed by atoms with van der Waals surface area (Å²) in [7, 11) is 0. The number of esters is 1. The van der Waals surface area contributed by atoms with Crippen molar-refractivity contribution < 1.29 is 14.6 Å². The summed E-state index contributed by atoms with van der Waals surface area (Å²) >= 11 is 0. The molecule has 0 heterocycles. The van der Waals surface area contributed by atoms with Crippen LogP contribution in [0.2, 0.25) is 0 Å². The molecule has 1 rings (SSSR count). The number of hydrogen-bond acceptors (Lipinski definition) is 5. The topological polar surface area (TPSA) is 84.6 Å². The number of nitrogens with two attached hydrogens (primary N) is 1. The monoisotopic (exact) mass is 468 g/mol. The highest BCUT2D eigenvalue weighted by Crippen LogP contribution is 2.45. The predicted octanol–water partition coefficient (Wildman–Crippen LogP) is 6.12. The molecule has 0 aromatic rings. The van der Waals surface area contributed by atoms with Crippen molar-refractivity contribution in [2.45, 2.75) is 143 Å². The molecule has 0 amide bonds. The van der Waals surface area contributed by atoms with Crippen molar-refractivity contribution in [3.63, 3.8) is 0 Å². The molecule has 0 aliphatic heterocycles. The standard InChI is InChI=1S/C28H56N2O3/c1-5-6-7-8-9-10-11-12-13-14-15-16-17-26(32)33-21-25(31)20-30-23-28(4)19-24(29)18-27(2,3)22-28/h24-25,30-31H,5-23,29H2,1-4H3. The van der Waals surface area contributed by atoms with E-state index >= 15 is 0 Å². The van der Waals surface area contributed by atoms with Crippen LogP contribution in [0.25, 0.3) is 0 Å². The Bertz CT molecular complexity index is 511.